The van der Waals surface area contributed by atoms with Crippen LogP contribution in [0, 0.1) is 0 Å². The molecule has 0 radical (unpaired) electrons. The Morgan fingerprint density at radius 1 is 0.469 bits per heavy atom. The monoisotopic (exact) mass is 418 g/mol. The summed E-state index contributed by atoms with van der Waals surface area (Å²) in [6.45, 7) is 1.72. The lowest BCUT2D eigenvalue weighted by atomic mass is 9.94. The van der Waals surface area contributed by atoms with Crippen LogP contribution in [0.2, 0.25) is 0 Å². The van der Waals surface area contributed by atoms with E-state index < -0.39 is 0 Å². The van der Waals surface area contributed by atoms with Crippen LogP contribution in [0.4, 0.5) is 11.4 Å². The summed E-state index contributed by atoms with van der Waals surface area (Å²) < 4.78 is 0. The van der Waals surface area contributed by atoms with Crippen molar-refractivity contribution in [3.63, 3.8) is 0 Å². The summed E-state index contributed by atoms with van der Waals surface area (Å²) in [6.07, 6.45) is 4.16. The predicted octanol–water partition coefficient (Wildman–Crippen LogP) is 6.79. The molecule has 0 atom stereocenters. The third kappa shape index (κ3) is 5.03. The fourth-order valence-corrected chi connectivity index (χ4v) is 4.47. The Morgan fingerprint density at radius 3 is 1.34 bits per heavy atom. The van der Waals surface area contributed by atoms with E-state index in [1.807, 2.05) is 0 Å². The lowest BCUT2D eigenvalue weighted by Gasteiger charge is -2.18. The van der Waals surface area contributed by atoms with E-state index in [1.54, 1.807) is 0 Å². The molecule has 4 aliphatic rings. The Balaban J connectivity index is 1.34. The van der Waals surface area contributed by atoms with Gasteiger partial charge in [-0.1, -0.05) is 84.9 Å². The zero-order chi connectivity index (χ0) is 21.6. The Labute approximate surface area is 191 Å². The minimum Gasteiger partial charge on any atom is -0.381 e. The second-order valence-corrected chi connectivity index (χ2v) is 8.66. The van der Waals surface area contributed by atoms with Crippen LogP contribution < -0.4 is 10.6 Å². The summed E-state index contributed by atoms with van der Waals surface area (Å²) in [4.78, 5) is 0. The van der Waals surface area contributed by atoms with Crippen LogP contribution in [0.15, 0.2) is 97.1 Å². The first kappa shape index (κ1) is 20.4. The van der Waals surface area contributed by atoms with Gasteiger partial charge >= 0.3 is 0 Å². The largest absolute Gasteiger partial charge is 0.381 e. The zero-order valence-corrected chi connectivity index (χ0v) is 18.5. The molecule has 0 saturated heterocycles. The Hall–Kier alpha value is -3.52. The third-order valence-corrected chi connectivity index (χ3v) is 6.37. The highest BCUT2D eigenvalue weighted by atomic mass is 14.9. The summed E-state index contributed by atoms with van der Waals surface area (Å²) in [5.74, 6) is 0. The van der Waals surface area contributed by atoms with E-state index in [9.17, 15) is 0 Å². The van der Waals surface area contributed by atoms with Crippen molar-refractivity contribution in [1.29, 1.82) is 0 Å². The SMILES string of the molecule is c1ccc(CNc2cc3ccc2CCc2ccc(c(NCc4ccccc4)c2)CC3)cc1. The lowest BCUT2D eigenvalue weighted by molar-refractivity contribution is 0.917. The summed E-state index contributed by atoms with van der Waals surface area (Å²) >= 11 is 0. The fourth-order valence-electron chi connectivity index (χ4n) is 4.47. The Kier molecular flexibility index (Phi) is 6.20. The molecule has 0 aromatic heterocycles. The summed E-state index contributed by atoms with van der Waals surface area (Å²) in [5, 5.41) is 7.41. The van der Waals surface area contributed by atoms with Crippen molar-refractivity contribution in [3.05, 3.63) is 130 Å². The number of benzene rings is 4. The summed E-state index contributed by atoms with van der Waals surface area (Å²) in [7, 11) is 0. The molecule has 0 amide bonds. The molecule has 0 unspecified atom stereocenters. The number of aryl methyl sites for hydroxylation is 4. The van der Waals surface area contributed by atoms with Gasteiger partial charge in [-0.2, -0.15) is 0 Å². The Morgan fingerprint density at radius 2 is 0.906 bits per heavy atom. The number of hydrogen-bond donors (Lipinski definition) is 2. The molecule has 0 heterocycles. The normalized spacial score (nSPS) is 12.8. The average molecular weight is 419 g/mol. The lowest BCUT2D eigenvalue weighted by Crippen LogP contribution is -2.08. The van der Waals surface area contributed by atoms with Crippen molar-refractivity contribution in [2.24, 2.45) is 0 Å². The zero-order valence-electron chi connectivity index (χ0n) is 18.5. The van der Waals surface area contributed by atoms with Crippen molar-refractivity contribution < 1.29 is 0 Å². The summed E-state index contributed by atoms with van der Waals surface area (Å²) in [6, 6.07) is 35.3. The van der Waals surface area contributed by atoms with Crippen LogP contribution in [0.25, 0.3) is 0 Å². The van der Waals surface area contributed by atoms with Crippen molar-refractivity contribution >= 4 is 11.4 Å². The van der Waals surface area contributed by atoms with Gasteiger partial charge in [0.15, 0.2) is 0 Å². The third-order valence-electron chi connectivity index (χ3n) is 6.37. The number of hydrogen-bond acceptors (Lipinski definition) is 2. The van der Waals surface area contributed by atoms with Gasteiger partial charge in [-0.15, -0.1) is 0 Å². The van der Waals surface area contributed by atoms with E-state index in [2.05, 4.69) is 108 Å². The van der Waals surface area contributed by atoms with Crippen molar-refractivity contribution in [3.8, 4) is 0 Å². The van der Waals surface area contributed by atoms with E-state index >= 15 is 0 Å². The topological polar surface area (TPSA) is 24.1 Å². The van der Waals surface area contributed by atoms with Gasteiger partial charge in [-0.05, 0) is 71.2 Å². The molecule has 32 heavy (non-hydrogen) atoms. The molecule has 2 nitrogen and oxygen atoms in total. The van der Waals surface area contributed by atoms with E-state index in [0.29, 0.717) is 0 Å². The van der Waals surface area contributed by atoms with Crippen LogP contribution in [-0.2, 0) is 38.8 Å². The van der Waals surface area contributed by atoms with Gasteiger partial charge in [0.2, 0.25) is 0 Å². The molecule has 0 spiro atoms. The van der Waals surface area contributed by atoms with E-state index in [-0.39, 0.29) is 0 Å². The molecule has 4 aromatic rings. The molecule has 0 fully saturated rings. The number of rotatable bonds is 6. The van der Waals surface area contributed by atoms with E-state index in [1.165, 1.54) is 44.8 Å². The van der Waals surface area contributed by atoms with E-state index in [0.717, 1.165) is 38.8 Å². The molecule has 4 aromatic carbocycles. The predicted molar refractivity (Wildman–Crippen MR) is 135 cm³/mol. The van der Waals surface area contributed by atoms with Crippen LogP contribution in [-0.4, -0.2) is 0 Å². The molecular weight excluding hydrogens is 388 g/mol. The maximum atomic E-state index is 3.70. The number of nitrogens with one attached hydrogen (secondary N) is 2. The van der Waals surface area contributed by atoms with Crippen LogP contribution in [0.3, 0.4) is 0 Å². The van der Waals surface area contributed by atoms with Crippen molar-refractivity contribution in [1.82, 2.24) is 0 Å². The highest BCUT2D eigenvalue weighted by Crippen LogP contribution is 2.27. The minimum atomic E-state index is 0.860. The van der Waals surface area contributed by atoms with Gasteiger partial charge in [0.25, 0.3) is 0 Å². The quantitative estimate of drug-likeness (QED) is 0.360. The van der Waals surface area contributed by atoms with E-state index in [4.69, 9.17) is 0 Å². The molecule has 0 aliphatic heterocycles. The standard InChI is InChI=1S/C30H30N2/c1-3-7-25(8-4-1)21-31-29-19-23-11-15-27(29)17-13-24-12-16-28(18-14-23)30(20-24)32-22-26-9-5-2-6-10-26/h1-12,15-16,19-20,31-32H,13-14,17-18,21-22H2. The van der Waals surface area contributed by atoms with Gasteiger partial charge in [-0.25, -0.2) is 0 Å². The molecule has 8 rings (SSSR count). The molecule has 4 aliphatic carbocycles. The van der Waals surface area contributed by atoms with Crippen molar-refractivity contribution in [2.75, 3.05) is 10.6 Å². The van der Waals surface area contributed by atoms with Gasteiger partial charge in [0.05, 0.1) is 0 Å². The maximum absolute atomic E-state index is 3.70. The van der Waals surface area contributed by atoms with Gasteiger partial charge < -0.3 is 10.6 Å². The number of anilines is 2. The highest BCUT2D eigenvalue weighted by Gasteiger charge is 2.11. The molecule has 2 heteroatoms. The summed E-state index contributed by atoms with van der Waals surface area (Å²) in [5.41, 5.74) is 10.8. The fraction of sp³-hybridized carbons (Fsp3) is 0.200. The smallest absolute Gasteiger partial charge is 0.0400 e. The molecule has 2 N–H and O–H groups in total. The second kappa shape index (κ2) is 9.74. The molecule has 0 saturated carbocycles. The Bertz CT molecular complexity index is 1070. The van der Waals surface area contributed by atoms with Crippen LogP contribution in [0.1, 0.15) is 33.4 Å². The highest BCUT2D eigenvalue weighted by molar-refractivity contribution is 5.57. The second-order valence-electron chi connectivity index (χ2n) is 8.66. The van der Waals surface area contributed by atoms with Gasteiger partial charge in [0, 0.05) is 24.5 Å². The molecule has 4 bridgehead atoms. The molecular formula is C30H30N2. The average Bonchev–Trinajstić information content (AvgIpc) is 2.84. The van der Waals surface area contributed by atoms with Crippen molar-refractivity contribution in [2.45, 2.75) is 38.8 Å². The first-order valence-corrected chi connectivity index (χ1v) is 11.6. The van der Waals surface area contributed by atoms with Gasteiger partial charge in [-0.3, -0.25) is 0 Å². The molecule has 160 valence electrons. The van der Waals surface area contributed by atoms with Gasteiger partial charge in [0.1, 0.15) is 0 Å². The van der Waals surface area contributed by atoms with Crippen LogP contribution >= 0.6 is 0 Å². The van der Waals surface area contributed by atoms with Crippen LogP contribution in [0.5, 0.6) is 0 Å². The first-order chi connectivity index (χ1) is 15.8. The first-order valence-electron chi connectivity index (χ1n) is 11.6. The maximum Gasteiger partial charge on any atom is 0.0400 e. The minimum absolute atomic E-state index is 0.860.